The minimum atomic E-state index is -0.431. The maximum atomic E-state index is 11.1. The summed E-state index contributed by atoms with van der Waals surface area (Å²) < 4.78 is 20.5. The molecule has 0 heterocycles. The lowest BCUT2D eigenvalue weighted by molar-refractivity contribution is -0.132. The molecule has 0 bridgehead atoms. The van der Waals surface area contributed by atoms with Crippen LogP contribution in [0.5, 0.6) is 23.0 Å². The van der Waals surface area contributed by atoms with Crippen LogP contribution in [0.25, 0.3) is 0 Å². The number of benzene rings is 2. The predicted octanol–water partition coefficient (Wildman–Crippen LogP) is 3.01. The molecule has 0 aliphatic rings. The van der Waals surface area contributed by atoms with Gasteiger partial charge in [0.15, 0.2) is 23.0 Å². The highest BCUT2D eigenvalue weighted by Gasteiger charge is 2.08. The smallest absolute Gasteiger partial charge is 0.308 e. The van der Waals surface area contributed by atoms with E-state index in [0.717, 1.165) is 0 Å². The highest BCUT2D eigenvalue weighted by molar-refractivity contribution is 5.84. The molecule has 0 fully saturated rings. The fraction of sp³-hybridized carbons (Fsp3) is 0.200. The van der Waals surface area contributed by atoms with Crippen molar-refractivity contribution in [1.29, 1.82) is 0 Å². The number of nitrogens with zero attached hydrogens (tertiary/aromatic N) is 2. The zero-order valence-corrected chi connectivity index (χ0v) is 16.0. The van der Waals surface area contributed by atoms with Crippen molar-refractivity contribution in [2.24, 2.45) is 10.2 Å². The Labute approximate surface area is 162 Å². The minimum Gasteiger partial charge on any atom is -0.493 e. The van der Waals surface area contributed by atoms with Gasteiger partial charge in [-0.25, -0.2) is 0 Å². The summed E-state index contributed by atoms with van der Waals surface area (Å²) in [5.74, 6) is 0.619. The van der Waals surface area contributed by atoms with Crippen molar-refractivity contribution in [2.75, 3.05) is 14.2 Å². The molecule has 0 saturated heterocycles. The third-order valence-corrected chi connectivity index (χ3v) is 3.36. The average Bonchev–Trinajstić information content (AvgIpc) is 2.66. The monoisotopic (exact) mass is 384 g/mol. The fourth-order valence-electron chi connectivity index (χ4n) is 2.21. The van der Waals surface area contributed by atoms with E-state index in [1.807, 2.05) is 0 Å². The third-order valence-electron chi connectivity index (χ3n) is 3.36. The van der Waals surface area contributed by atoms with Crippen LogP contribution in [0, 0.1) is 0 Å². The number of esters is 2. The summed E-state index contributed by atoms with van der Waals surface area (Å²) >= 11 is 0. The standard InChI is InChI=1S/C20H20N2O6/c1-13(23)27-17-7-5-15(9-19(17)25-3)11-21-22-12-16-6-8-18(28-14(2)24)20(10-16)26-4/h5-12H,1-4H3/b21-11+,22-12+. The molecular formula is C20H20N2O6. The first-order valence-electron chi connectivity index (χ1n) is 8.22. The summed E-state index contributed by atoms with van der Waals surface area (Å²) in [6.45, 7) is 2.63. The van der Waals surface area contributed by atoms with E-state index in [9.17, 15) is 9.59 Å². The molecule has 0 aromatic heterocycles. The van der Waals surface area contributed by atoms with E-state index in [2.05, 4.69) is 10.2 Å². The first-order chi connectivity index (χ1) is 13.4. The second kappa shape index (κ2) is 9.86. The zero-order chi connectivity index (χ0) is 20.5. The van der Waals surface area contributed by atoms with Crippen LogP contribution < -0.4 is 18.9 Å². The van der Waals surface area contributed by atoms with Crippen molar-refractivity contribution < 1.29 is 28.5 Å². The van der Waals surface area contributed by atoms with Crippen LogP contribution in [0.3, 0.4) is 0 Å². The summed E-state index contributed by atoms with van der Waals surface area (Å²) in [5.41, 5.74) is 1.43. The Bertz CT molecular complexity index is 845. The maximum Gasteiger partial charge on any atom is 0.308 e. The predicted molar refractivity (Wildman–Crippen MR) is 104 cm³/mol. The molecule has 0 saturated carbocycles. The molecule has 0 unspecified atom stereocenters. The van der Waals surface area contributed by atoms with Crippen molar-refractivity contribution >= 4 is 24.4 Å². The summed E-state index contributed by atoms with van der Waals surface area (Å²) in [6.07, 6.45) is 3.06. The number of ether oxygens (including phenoxy) is 4. The van der Waals surface area contributed by atoms with Gasteiger partial charge < -0.3 is 18.9 Å². The third kappa shape index (κ3) is 5.94. The summed E-state index contributed by atoms with van der Waals surface area (Å²) in [4.78, 5) is 22.1. The highest BCUT2D eigenvalue weighted by Crippen LogP contribution is 2.28. The van der Waals surface area contributed by atoms with Crippen LogP contribution in [-0.4, -0.2) is 38.6 Å². The molecule has 2 rings (SSSR count). The normalized spacial score (nSPS) is 10.9. The molecule has 0 amide bonds. The van der Waals surface area contributed by atoms with Crippen molar-refractivity contribution in [3.8, 4) is 23.0 Å². The minimum absolute atomic E-state index is 0.329. The van der Waals surface area contributed by atoms with Crippen molar-refractivity contribution in [3.05, 3.63) is 47.5 Å². The first-order valence-corrected chi connectivity index (χ1v) is 8.22. The zero-order valence-electron chi connectivity index (χ0n) is 16.0. The molecule has 0 radical (unpaired) electrons. The summed E-state index contributed by atoms with van der Waals surface area (Å²) in [5, 5.41) is 7.97. The molecule has 0 aliphatic carbocycles. The molecule has 2 aromatic rings. The Hall–Kier alpha value is -3.68. The maximum absolute atomic E-state index is 11.1. The Morgan fingerprint density at radius 1 is 0.714 bits per heavy atom. The number of carbonyl (C=O) groups is 2. The van der Waals surface area contributed by atoms with E-state index < -0.39 is 11.9 Å². The number of carbonyl (C=O) groups excluding carboxylic acids is 2. The van der Waals surface area contributed by atoms with Gasteiger partial charge in [0.05, 0.1) is 26.6 Å². The highest BCUT2D eigenvalue weighted by atomic mass is 16.6. The number of methoxy groups -OCH3 is 2. The molecule has 0 atom stereocenters. The van der Waals surface area contributed by atoms with E-state index in [1.54, 1.807) is 36.4 Å². The topological polar surface area (TPSA) is 95.8 Å². The molecule has 0 spiro atoms. The van der Waals surface area contributed by atoms with Crippen LogP contribution >= 0.6 is 0 Å². The van der Waals surface area contributed by atoms with Gasteiger partial charge in [-0.05, 0) is 47.5 Å². The van der Waals surface area contributed by atoms with Gasteiger partial charge in [-0.1, -0.05) is 0 Å². The molecule has 0 aliphatic heterocycles. The van der Waals surface area contributed by atoms with Gasteiger partial charge in [0.1, 0.15) is 0 Å². The quantitative estimate of drug-likeness (QED) is 0.315. The van der Waals surface area contributed by atoms with Crippen LogP contribution in [0.4, 0.5) is 0 Å². The van der Waals surface area contributed by atoms with Gasteiger partial charge in [-0.2, -0.15) is 10.2 Å². The lowest BCUT2D eigenvalue weighted by atomic mass is 10.2. The number of hydrogen-bond acceptors (Lipinski definition) is 8. The van der Waals surface area contributed by atoms with Crippen molar-refractivity contribution in [3.63, 3.8) is 0 Å². The van der Waals surface area contributed by atoms with Gasteiger partial charge in [0.2, 0.25) is 0 Å². The van der Waals surface area contributed by atoms with Crippen molar-refractivity contribution in [2.45, 2.75) is 13.8 Å². The molecule has 28 heavy (non-hydrogen) atoms. The Balaban J connectivity index is 2.10. The Morgan fingerprint density at radius 3 is 1.43 bits per heavy atom. The SMILES string of the molecule is COc1cc(/C=N/N=C/c2ccc(OC(C)=O)c(OC)c2)ccc1OC(C)=O. The van der Waals surface area contributed by atoms with Gasteiger partial charge >= 0.3 is 11.9 Å². The van der Waals surface area contributed by atoms with Gasteiger partial charge in [-0.3, -0.25) is 9.59 Å². The van der Waals surface area contributed by atoms with Crippen molar-refractivity contribution in [1.82, 2.24) is 0 Å². The first kappa shape index (κ1) is 20.6. The van der Waals surface area contributed by atoms with E-state index >= 15 is 0 Å². The van der Waals surface area contributed by atoms with Crippen LogP contribution in [0.15, 0.2) is 46.6 Å². The number of hydrogen-bond donors (Lipinski definition) is 0. The van der Waals surface area contributed by atoms with Crippen LogP contribution in [0.2, 0.25) is 0 Å². The lowest BCUT2D eigenvalue weighted by Gasteiger charge is -2.08. The van der Waals surface area contributed by atoms with E-state index in [1.165, 1.54) is 40.5 Å². The second-order valence-electron chi connectivity index (χ2n) is 5.50. The van der Waals surface area contributed by atoms with E-state index in [0.29, 0.717) is 34.1 Å². The molecule has 146 valence electrons. The summed E-state index contributed by atoms with van der Waals surface area (Å²) in [6, 6.07) is 10.0. The van der Waals surface area contributed by atoms with Gasteiger partial charge in [0.25, 0.3) is 0 Å². The van der Waals surface area contributed by atoms with Gasteiger partial charge in [0, 0.05) is 13.8 Å². The largest absolute Gasteiger partial charge is 0.493 e. The Morgan fingerprint density at radius 2 is 1.11 bits per heavy atom. The van der Waals surface area contributed by atoms with Crippen LogP contribution in [-0.2, 0) is 9.59 Å². The second-order valence-corrected chi connectivity index (χ2v) is 5.50. The number of rotatable bonds is 7. The molecule has 0 N–H and O–H groups in total. The van der Waals surface area contributed by atoms with Crippen LogP contribution in [0.1, 0.15) is 25.0 Å². The van der Waals surface area contributed by atoms with E-state index in [-0.39, 0.29) is 0 Å². The van der Waals surface area contributed by atoms with Gasteiger partial charge in [-0.15, -0.1) is 0 Å². The molecular weight excluding hydrogens is 364 g/mol. The fourth-order valence-corrected chi connectivity index (χ4v) is 2.21. The lowest BCUT2D eigenvalue weighted by Crippen LogP contribution is -2.03. The average molecular weight is 384 g/mol. The molecule has 8 heteroatoms. The summed E-state index contributed by atoms with van der Waals surface area (Å²) in [7, 11) is 2.96. The Kier molecular flexibility index (Phi) is 7.27. The molecule has 2 aromatic carbocycles. The molecule has 8 nitrogen and oxygen atoms in total. The van der Waals surface area contributed by atoms with E-state index in [4.69, 9.17) is 18.9 Å².